The fourth-order valence-electron chi connectivity index (χ4n) is 1.12. The minimum Gasteiger partial charge on any atom is -0.467 e. The lowest BCUT2D eigenvalue weighted by molar-refractivity contribution is -0.161. The van der Waals surface area contributed by atoms with Crippen LogP contribution in [0.2, 0.25) is 10.0 Å². The molecule has 3 nitrogen and oxygen atoms in total. The number of carbonyl (C=O) groups excluding carboxylic acids is 1. The third-order valence-corrected chi connectivity index (χ3v) is 2.80. The number of hydrogen-bond donors (Lipinski definition) is 1. The maximum atomic E-state index is 11.3. The van der Waals surface area contributed by atoms with E-state index < -0.39 is 11.6 Å². The molecule has 1 aromatic rings. The van der Waals surface area contributed by atoms with Gasteiger partial charge in [0.1, 0.15) is 0 Å². The predicted molar refractivity (Wildman–Crippen MR) is 58.0 cm³/mol. The van der Waals surface area contributed by atoms with Gasteiger partial charge in [-0.3, -0.25) is 0 Å². The molecule has 0 aromatic heterocycles. The molecule has 0 spiro atoms. The summed E-state index contributed by atoms with van der Waals surface area (Å²) >= 11 is 11.5. The summed E-state index contributed by atoms with van der Waals surface area (Å²) < 4.78 is 4.47. The Morgan fingerprint density at radius 2 is 2.00 bits per heavy atom. The predicted octanol–water partition coefficient (Wildman–Crippen LogP) is 2.37. The molecule has 1 atom stereocenters. The highest BCUT2D eigenvalue weighted by Crippen LogP contribution is 2.29. The molecule has 15 heavy (non-hydrogen) atoms. The van der Waals surface area contributed by atoms with Crippen LogP contribution >= 0.6 is 23.2 Å². The Bertz CT molecular complexity index is 388. The van der Waals surface area contributed by atoms with Crippen LogP contribution < -0.4 is 0 Å². The van der Waals surface area contributed by atoms with Gasteiger partial charge in [0, 0.05) is 0 Å². The Labute approximate surface area is 97.6 Å². The Hall–Kier alpha value is -0.770. The van der Waals surface area contributed by atoms with Crippen molar-refractivity contribution in [3.8, 4) is 0 Å². The van der Waals surface area contributed by atoms with Gasteiger partial charge in [0.2, 0.25) is 0 Å². The molecule has 0 aliphatic heterocycles. The SMILES string of the molecule is COC(=O)C(C)(O)c1ccc(Cl)c(Cl)c1. The van der Waals surface area contributed by atoms with Crippen LogP contribution in [0.5, 0.6) is 0 Å². The van der Waals surface area contributed by atoms with Crippen molar-refractivity contribution in [2.24, 2.45) is 0 Å². The van der Waals surface area contributed by atoms with E-state index in [0.717, 1.165) is 0 Å². The van der Waals surface area contributed by atoms with Gasteiger partial charge in [0.05, 0.1) is 17.2 Å². The van der Waals surface area contributed by atoms with Crippen molar-refractivity contribution in [3.05, 3.63) is 33.8 Å². The van der Waals surface area contributed by atoms with Crippen LogP contribution in [0.3, 0.4) is 0 Å². The lowest BCUT2D eigenvalue weighted by Crippen LogP contribution is -2.33. The van der Waals surface area contributed by atoms with Crippen molar-refractivity contribution in [3.63, 3.8) is 0 Å². The van der Waals surface area contributed by atoms with Gasteiger partial charge in [0.15, 0.2) is 5.60 Å². The van der Waals surface area contributed by atoms with Gasteiger partial charge >= 0.3 is 5.97 Å². The van der Waals surface area contributed by atoms with E-state index in [4.69, 9.17) is 23.2 Å². The van der Waals surface area contributed by atoms with Crippen molar-refractivity contribution in [1.82, 2.24) is 0 Å². The largest absolute Gasteiger partial charge is 0.467 e. The molecule has 1 aromatic carbocycles. The number of benzene rings is 1. The Balaban J connectivity index is 3.16. The quantitative estimate of drug-likeness (QED) is 0.818. The first-order valence-electron chi connectivity index (χ1n) is 4.16. The van der Waals surface area contributed by atoms with Crippen LogP contribution in [0.1, 0.15) is 12.5 Å². The van der Waals surface area contributed by atoms with Gasteiger partial charge in [-0.25, -0.2) is 4.79 Å². The summed E-state index contributed by atoms with van der Waals surface area (Å²) in [6.45, 7) is 1.33. The average Bonchev–Trinajstić information content (AvgIpc) is 2.20. The van der Waals surface area contributed by atoms with Gasteiger partial charge in [-0.1, -0.05) is 29.3 Å². The van der Waals surface area contributed by atoms with E-state index in [2.05, 4.69) is 4.74 Å². The highest BCUT2D eigenvalue weighted by atomic mass is 35.5. The first-order chi connectivity index (χ1) is 6.89. The molecule has 5 heteroatoms. The normalized spacial score (nSPS) is 14.5. The highest BCUT2D eigenvalue weighted by Gasteiger charge is 2.33. The molecule has 1 rings (SSSR count). The second kappa shape index (κ2) is 4.39. The number of carbonyl (C=O) groups is 1. The Morgan fingerprint density at radius 3 is 2.47 bits per heavy atom. The molecule has 0 heterocycles. The van der Waals surface area contributed by atoms with Crippen LogP contribution in [-0.2, 0) is 15.1 Å². The van der Waals surface area contributed by atoms with Crippen molar-refractivity contribution >= 4 is 29.2 Å². The Morgan fingerprint density at radius 1 is 1.40 bits per heavy atom. The van der Waals surface area contributed by atoms with Gasteiger partial charge in [-0.15, -0.1) is 0 Å². The minimum absolute atomic E-state index is 0.276. The summed E-state index contributed by atoms with van der Waals surface area (Å²) in [4.78, 5) is 11.3. The maximum absolute atomic E-state index is 11.3. The van der Waals surface area contributed by atoms with Gasteiger partial charge in [-0.2, -0.15) is 0 Å². The van der Waals surface area contributed by atoms with Crippen LogP contribution in [0.4, 0.5) is 0 Å². The molecule has 0 aliphatic carbocycles. The molecular formula is C10H10Cl2O3. The fraction of sp³-hybridized carbons (Fsp3) is 0.300. The minimum atomic E-state index is -1.72. The molecule has 1 N–H and O–H groups in total. The van der Waals surface area contributed by atoms with E-state index in [0.29, 0.717) is 10.6 Å². The molecule has 0 saturated heterocycles. The van der Waals surface area contributed by atoms with Crippen LogP contribution in [-0.4, -0.2) is 18.2 Å². The van der Waals surface area contributed by atoms with Crippen molar-refractivity contribution in [2.45, 2.75) is 12.5 Å². The fourth-order valence-corrected chi connectivity index (χ4v) is 1.41. The number of rotatable bonds is 2. The highest BCUT2D eigenvalue weighted by molar-refractivity contribution is 6.42. The van der Waals surface area contributed by atoms with Gasteiger partial charge in [0.25, 0.3) is 0 Å². The van der Waals surface area contributed by atoms with E-state index in [9.17, 15) is 9.90 Å². The summed E-state index contributed by atoms with van der Waals surface area (Å²) in [7, 11) is 1.20. The van der Waals surface area contributed by atoms with Crippen molar-refractivity contribution < 1.29 is 14.6 Å². The molecule has 0 amide bonds. The molecule has 0 bridgehead atoms. The zero-order valence-corrected chi connectivity index (χ0v) is 9.76. The first-order valence-corrected chi connectivity index (χ1v) is 4.91. The molecule has 0 fully saturated rings. The Kier molecular flexibility index (Phi) is 3.60. The summed E-state index contributed by atoms with van der Waals surface area (Å²) in [6.07, 6.45) is 0. The van der Waals surface area contributed by atoms with Gasteiger partial charge in [-0.05, 0) is 24.6 Å². The molecule has 0 radical (unpaired) electrons. The summed E-state index contributed by atoms with van der Waals surface area (Å²) in [6, 6.07) is 4.46. The van der Waals surface area contributed by atoms with Gasteiger partial charge < -0.3 is 9.84 Å². The number of ether oxygens (including phenoxy) is 1. The van der Waals surface area contributed by atoms with E-state index in [1.165, 1.54) is 32.2 Å². The van der Waals surface area contributed by atoms with Crippen LogP contribution in [0.15, 0.2) is 18.2 Å². The number of aliphatic hydroxyl groups is 1. The third-order valence-electron chi connectivity index (χ3n) is 2.06. The number of esters is 1. The smallest absolute Gasteiger partial charge is 0.342 e. The van der Waals surface area contributed by atoms with Crippen LogP contribution in [0.25, 0.3) is 0 Å². The van der Waals surface area contributed by atoms with E-state index in [1.54, 1.807) is 0 Å². The number of halogens is 2. The topological polar surface area (TPSA) is 46.5 Å². The second-order valence-electron chi connectivity index (χ2n) is 3.19. The maximum Gasteiger partial charge on any atom is 0.342 e. The molecule has 0 aliphatic rings. The summed E-state index contributed by atoms with van der Waals surface area (Å²) in [5.41, 5.74) is -1.38. The molecular weight excluding hydrogens is 239 g/mol. The molecule has 82 valence electrons. The third kappa shape index (κ3) is 2.43. The monoisotopic (exact) mass is 248 g/mol. The zero-order valence-electron chi connectivity index (χ0n) is 8.25. The zero-order chi connectivity index (χ0) is 11.6. The number of hydrogen-bond acceptors (Lipinski definition) is 3. The van der Waals surface area contributed by atoms with Crippen molar-refractivity contribution in [2.75, 3.05) is 7.11 Å². The average molecular weight is 249 g/mol. The lowest BCUT2D eigenvalue weighted by atomic mass is 9.96. The first kappa shape index (κ1) is 12.3. The second-order valence-corrected chi connectivity index (χ2v) is 4.01. The lowest BCUT2D eigenvalue weighted by Gasteiger charge is -2.20. The summed E-state index contributed by atoms with van der Waals surface area (Å²) in [5.74, 6) is -0.749. The van der Waals surface area contributed by atoms with Crippen LogP contribution in [0, 0.1) is 0 Å². The number of methoxy groups -OCH3 is 1. The molecule has 1 unspecified atom stereocenters. The van der Waals surface area contributed by atoms with E-state index in [-0.39, 0.29) is 5.02 Å². The van der Waals surface area contributed by atoms with E-state index in [1.807, 2.05) is 0 Å². The summed E-state index contributed by atoms with van der Waals surface area (Å²) in [5, 5.41) is 10.5. The van der Waals surface area contributed by atoms with Crippen molar-refractivity contribution in [1.29, 1.82) is 0 Å². The van der Waals surface area contributed by atoms with E-state index >= 15 is 0 Å². The standard InChI is InChI=1S/C10H10Cl2O3/c1-10(14,9(13)15-2)6-3-4-7(11)8(12)5-6/h3-5,14H,1-2H3. The molecule has 0 saturated carbocycles.